The summed E-state index contributed by atoms with van der Waals surface area (Å²) in [5.41, 5.74) is 10.7. The second-order valence-electron chi connectivity index (χ2n) is 7.51. The molecule has 0 spiro atoms. The van der Waals surface area contributed by atoms with Crippen molar-refractivity contribution in [3.05, 3.63) is 97.2 Å². The molecule has 3 aromatic rings. The fourth-order valence-electron chi connectivity index (χ4n) is 4.55. The first-order chi connectivity index (χ1) is 13.6. The van der Waals surface area contributed by atoms with E-state index < -0.39 is 0 Å². The van der Waals surface area contributed by atoms with E-state index >= 15 is 0 Å². The van der Waals surface area contributed by atoms with Gasteiger partial charge in [0.2, 0.25) is 0 Å². The summed E-state index contributed by atoms with van der Waals surface area (Å²) in [4.78, 5) is 13.2. The lowest BCUT2D eigenvalue weighted by Gasteiger charge is -2.20. The van der Waals surface area contributed by atoms with Gasteiger partial charge < -0.3 is 5.73 Å². The molecule has 0 bridgehead atoms. The SMILES string of the molecule is Nc1ccc(C(=O)C2=c3ccc4c(c3CCC2)CC=c2c(Cl)cccc2=4)cc1. The van der Waals surface area contributed by atoms with Crippen molar-refractivity contribution in [1.82, 2.24) is 0 Å². The fourth-order valence-corrected chi connectivity index (χ4v) is 4.80. The van der Waals surface area contributed by atoms with Gasteiger partial charge in [-0.05, 0) is 88.0 Å². The highest BCUT2D eigenvalue weighted by atomic mass is 35.5. The first-order valence-electron chi connectivity index (χ1n) is 9.67. The van der Waals surface area contributed by atoms with Crippen LogP contribution in [0.15, 0.2) is 54.6 Å². The molecule has 0 atom stereocenters. The lowest BCUT2D eigenvalue weighted by atomic mass is 9.84. The van der Waals surface area contributed by atoms with Gasteiger partial charge in [0.1, 0.15) is 0 Å². The van der Waals surface area contributed by atoms with Gasteiger partial charge in [-0.2, -0.15) is 0 Å². The molecule has 0 aliphatic heterocycles. The number of ketones is 1. The number of anilines is 1. The third kappa shape index (κ3) is 2.68. The van der Waals surface area contributed by atoms with Gasteiger partial charge >= 0.3 is 0 Å². The Morgan fingerprint density at radius 3 is 2.46 bits per heavy atom. The maximum atomic E-state index is 13.2. The molecule has 3 heteroatoms. The van der Waals surface area contributed by atoms with Crippen molar-refractivity contribution in [2.24, 2.45) is 0 Å². The molecular weight excluding hydrogens is 366 g/mol. The van der Waals surface area contributed by atoms with Crippen LogP contribution < -0.4 is 16.2 Å². The summed E-state index contributed by atoms with van der Waals surface area (Å²) in [6.45, 7) is 0. The summed E-state index contributed by atoms with van der Waals surface area (Å²) in [7, 11) is 0. The van der Waals surface area contributed by atoms with Crippen LogP contribution in [0.1, 0.15) is 34.3 Å². The largest absolute Gasteiger partial charge is 0.399 e. The van der Waals surface area contributed by atoms with E-state index in [1.165, 1.54) is 21.6 Å². The molecule has 0 aromatic heterocycles. The van der Waals surface area contributed by atoms with Gasteiger partial charge in [0.05, 0.1) is 0 Å². The molecule has 0 unspecified atom stereocenters. The highest BCUT2D eigenvalue weighted by molar-refractivity contribution is 6.30. The van der Waals surface area contributed by atoms with E-state index in [4.69, 9.17) is 17.3 Å². The minimum Gasteiger partial charge on any atom is -0.399 e. The predicted molar refractivity (Wildman–Crippen MR) is 115 cm³/mol. The summed E-state index contributed by atoms with van der Waals surface area (Å²) in [6, 6.07) is 17.6. The van der Waals surface area contributed by atoms with Gasteiger partial charge in [0.25, 0.3) is 0 Å². The van der Waals surface area contributed by atoms with E-state index in [0.29, 0.717) is 11.3 Å². The number of halogens is 1. The first kappa shape index (κ1) is 17.3. The van der Waals surface area contributed by atoms with Crippen molar-refractivity contribution in [1.29, 1.82) is 0 Å². The summed E-state index contributed by atoms with van der Waals surface area (Å²) >= 11 is 6.41. The molecule has 3 aromatic carbocycles. The highest BCUT2D eigenvalue weighted by Crippen LogP contribution is 2.24. The van der Waals surface area contributed by atoms with Gasteiger partial charge in [-0.15, -0.1) is 0 Å². The number of hydrogen-bond donors (Lipinski definition) is 1. The Kier molecular flexibility index (Phi) is 4.10. The van der Waals surface area contributed by atoms with Crippen LogP contribution in [0.2, 0.25) is 5.02 Å². The molecule has 0 radical (unpaired) electrons. The molecule has 2 nitrogen and oxygen atoms in total. The van der Waals surface area contributed by atoms with Gasteiger partial charge in [-0.3, -0.25) is 4.79 Å². The van der Waals surface area contributed by atoms with E-state index in [2.05, 4.69) is 24.3 Å². The zero-order valence-corrected chi connectivity index (χ0v) is 16.2. The van der Waals surface area contributed by atoms with Crippen molar-refractivity contribution >= 4 is 34.7 Å². The maximum absolute atomic E-state index is 13.2. The van der Waals surface area contributed by atoms with Crippen LogP contribution in [-0.2, 0) is 12.8 Å². The molecule has 2 aliphatic carbocycles. The second-order valence-corrected chi connectivity index (χ2v) is 7.92. The number of rotatable bonds is 2. The monoisotopic (exact) mass is 385 g/mol. The van der Waals surface area contributed by atoms with Crippen LogP contribution in [0.25, 0.3) is 11.6 Å². The van der Waals surface area contributed by atoms with Crippen molar-refractivity contribution < 1.29 is 4.79 Å². The molecule has 0 saturated carbocycles. The van der Waals surface area contributed by atoms with Crippen molar-refractivity contribution in [2.45, 2.75) is 25.7 Å². The molecule has 5 rings (SSSR count). The average molecular weight is 386 g/mol. The zero-order valence-electron chi connectivity index (χ0n) is 15.5. The highest BCUT2D eigenvalue weighted by Gasteiger charge is 2.20. The topological polar surface area (TPSA) is 43.1 Å². The molecule has 0 fully saturated rings. The quantitative estimate of drug-likeness (QED) is 0.536. The Bertz CT molecular complexity index is 1340. The molecule has 0 heterocycles. The van der Waals surface area contributed by atoms with Crippen LogP contribution in [-0.4, -0.2) is 5.78 Å². The third-order valence-corrected chi connectivity index (χ3v) is 6.24. The van der Waals surface area contributed by atoms with Crippen LogP contribution in [0.4, 0.5) is 5.69 Å². The molecule has 0 amide bonds. The van der Waals surface area contributed by atoms with Crippen molar-refractivity contribution in [3.8, 4) is 0 Å². The van der Waals surface area contributed by atoms with Crippen LogP contribution in [0, 0.1) is 10.4 Å². The number of nitrogen functional groups attached to an aromatic ring is 1. The minimum absolute atomic E-state index is 0.115. The van der Waals surface area contributed by atoms with Gasteiger partial charge in [0.15, 0.2) is 5.78 Å². The number of fused-ring (bicyclic) bond motifs is 4. The Morgan fingerprint density at radius 2 is 1.64 bits per heavy atom. The minimum atomic E-state index is 0.115. The molecule has 138 valence electrons. The number of benzene rings is 3. The maximum Gasteiger partial charge on any atom is 0.189 e. The number of hydrogen-bond acceptors (Lipinski definition) is 2. The fraction of sp³-hybridized carbons (Fsp3) is 0.160. The first-order valence-corrected chi connectivity index (χ1v) is 10.0. The molecular formula is C25H20ClNO. The third-order valence-electron chi connectivity index (χ3n) is 5.91. The average Bonchev–Trinajstić information content (AvgIpc) is 2.73. The smallest absolute Gasteiger partial charge is 0.189 e. The normalized spacial score (nSPS) is 14.5. The summed E-state index contributed by atoms with van der Waals surface area (Å²) in [5, 5.41) is 5.47. The van der Waals surface area contributed by atoms with E-state index in [0.717, 1.165) is 46.7 Å². The Labute approximate surface area is 168 Å². The molecule has 2 aliphatic rings. The molecule has 2 N–H and O–H groups in total. The van der Waals surface area contributed by atoms with Crippen molar-refractivity contribution in [2.75, 3.05) is 5.73 Å². The van der Waals surface area contributed by atoms with E-state index in [1.807, 2.05) is 24.3 Å². The Balaban J connectivity index is 1.78. The standard InChI is InChI=1S/C25H20ClNO/c26-24-6-2-4-18-20-11-12-21-17(19(20)13-14-22(18)24)3-1-5-23(21)25(28)15-7-9-16(27)10-8-15/h2,4,6-12,14H,1,3,5,13,27H2. The lowest BCUT2D eigenvalue weighted by Crippen LogP contribution is -2.26. The number of carbonyl (C=O) groups is 1. The number of nitrogens with two attached hydrogens (primary N) is 1. The van der Waals surface area contributed by atoms with E-state index in [-0.39, 0.29) is 5.78 Å². The van der Waals surface area contributed by atoms with Crippen LogP contribution in [0.5, 0.6) is 0 Å². The predicted octanol–water partition coefficient (Wildman–Crippen LogP) is 3.92. The zero-order chi connectivity index (χ0) is 19.3. The Morgan fingerprint density at radius 1 is 0.857 bits per heavy atom. The summed E-state index contributed by atoms with van der Waals surface area (Å²) in [6.07, 6.45) is 5.92. The van der Waals surface area contributed by atoms with Crippen LogP contribution >= 0.6 is 11.6 Å². The van der Waals surface area contributed by atoms with Crippen LogP contribution in [0.3, 0.4) is 0 Å². The van der Waals surface area contributed by atoms with Gasteiger partial charge in [0, 0.05) is 21.8 Å². The Hall–Kier alpha value is -2.84. The van der Waals surface area contributed by atoms with Gasteiger partial charge in [-0.1, -0.05) is 41.9 Å². The second kappa shape index (κ2) is 6.65. The number of Topliss-reactive ketones (excluding diaryl/α,β-unsaturated/α-hetero) is 1. The number of carbonyl (C=O) groups excluding carboxylic acids is 1. The molecule has 0 saturated heterocycles. The molecule has 28 heavy (non-hydrogen) atoms. The van der Waals surface area contributed by atoms with E-state index in [9.17, 15) is 4.79 Å². The summed E-state index contributed by atoms with van der Waals surface area (Å²) < 4.78 is 0. The lowest BCUT2D eigenvalue weighted by molar-refractivity contribution is 0.105. The van der Waals surface area contributed by atoms with Crippen molar-refractivity contribution in [3.63, 3.8) is 0 Å². The van der Waals surface area contributed by atoms with Gasteiger partial charge in [-0.25, -0.2) is 0 Å². The summed E-state index contributed by atoms with van der Waals surface area (Å²) in [5.74, 6) is 0.115. The van der Waals surface area contributed by atoms with E-state index in [1.54, 1.807) is 12.1 Å².